The van der Waals surface area contributed by atoms with Crippen molar-refractivity contribution in [2.45, 2.75) is 32.9 Å². The van der Waals surface area contributed by atoms with Gasteiger partial charge in [-0.3, -0.25) is 0 Å². The summed E-state index contributed by atoms with van der Waals surface area (Å²) >= 11 is 6.13. The van der Waals surface area contributed by atoms with Gasteiger partial charge < -0.3 is 9.33 Å². The van der Waals surface area contributed by atoms with Crippen LogP contribution in [0.2, 0.25) is 13.1 Å². The summed E-state index contributed by atoms with van der Waals surface area (Å²) in [6.07, 6.45) is 2.62. The molecule has 0 saturated carbocycles. The molecule has 0 aromatic rings. The molecule has 0 spiro atoms. The van der Waals surface area contributed by atoms with Crippen LogP contribution < -0.4 is 0 Å². The maximum atomic E-state index is 6.13. The fraction of sp³-hybridized carbons (Fsp3) is 1.00. The second-order valence-electron chi connectivity index (χ2n) is 4.58. The van der Waals surface area contributed by atoms with E-state index in [2.05, 4.69) is 11.8 Å². The molecular weight excluding hydrogens is 214 g/mol. The Hall–Kier alpha value is 0.427. The first kappa shape index (κ1) is 12.5. The third-order valence-corrected chi connectivity index (χ3v) is 3.89. The van der Waals surface area contributed by atoms with E-state index < -0.39 is 7.63 Å². The highest BCUT2D eigenvalue weighted by atomic mass is 35.6. The topological polar surface area (TPSA) is 12.5 Å². The Labute approximate surface area is 93.4 Å². The Balaban J connectivity index is 2.24. The third kappa shape index (κ3) is 4.78. The molecule has 0 aromatic heterocycles. The second-order valence-corrected chi connectivity index (χ2v) is 10.3. The maximum Gasteiger partial charge on any atom is 0.283 e. The predicted molar refractivity (Wildman–Crippen MR) is 64.1 cm³/mol. The summed E-state index contributed by atoms with van der Waals surface area (Å²) in [6.45, 7) is 10.8. The van der Waals surface area contributed by atoms with E-state index in [1.54, 1.807) is 0 Å². The molecule has 0 bridgehead atoms. The summed E-state index contributed by atoms with van der Waals surface area (Å²) in [5, 5.41) is 0. The van der Waals surface area contributed by atoms with Crippen molar-refractivity contribution in [3.63, 3.8) is 0 Å². The van der Waals surface area contributed by atoms with Gasteiger partial charge in [-0.2, -0.15) is 0 Å². The molecule has 84 valence electrons. The maximum absolute atomic E-state index is 6.13. The number of likely N-dealkylation sites (tertiary alicyclic amines) is 1. The van der Waals surface area contributed by atoms with Gasteiger partial charge in [0.1, 0.15) is 0 Å². The minimum Gasteiger partial charge on any atom is -0.403 e. The van der Waals surface area contributed by atoms with E-state index in [4.69, 9.17) is 15.5 Å². The Morgan fingerprint density at radius 1 is 1.50 bits per heavy atom. The minimum absolute atomic E-state index is 0.703. The number of rotatable bonds is 4. The first-order chi connectivity index (χ1) is 6.51. The third-order valence-electron chi connectivity index (χ3n) is 2.71. The molecule has 1 unspecified atom stereocenters. The van der Waals surface area contributed by atoms with Crippen molar-refractivity contribution in [3.8, 4) is 0 Å². The molecule has 0 N–H and O–H groups in total. The van der Waals surface area contributed by atoms with E-state index in [-0.39, 0.29) is 0 Å². The lowest BCUT2D eigenvalue weighted by Crippen LogP contribution is -2.38. The molecule has 14 heavy (non-hydrogen) atoms. The Morgan fingerprint density at radius 2 is 2.21 bits per heavy atom. The normalized spacial score (nSPS) is 25.3. The van der Waals surface area contributed by atoms with Gasteiger partial charge in [-0.05, 0) is 44.9 Å². The first-order valence-corrected chi connectivity index (χ1v) is 9.48. The van der Waals surface area contributed by atoms with Crippen LogP contribution >= 0.6 is 11.1 Å². The second kappa shape index (κ2) is 5.49. The van der Waals surface area contributed by atoms with Crippen molar-refractivity contribution in [2.75, 3.05) is 26.2 Å². The van der Waals surface area contributed by atoms with Crippen LogP contribution in [0.4, 0.5) is 0 Å². The molecule has 1 fully saturated rings. The lowest BCUT2D eigenvalue weighted by atomic mass is 9.99. The van der Waals surface area contributed by atoms with Crippen LogP contribution in [-0.4, -0.2) is 38.8 Å². The standard InChI is InChI=1S/C10H22ClNOSi/c1-4-12-7-5-6-10(8-12)9-13-14(2,3)11/h10H,4-9H2,1-3H3. The van der Waals surface area contributed by atoms with Crippen molar-refractivity contribution >= 4 is 18.7 Å². The van der Waals surface area contributed by atoms with Crippen LogP contribution in [0.1, 0.15) is 19.8 Å². The average Bonchev–Trinajstić information content (AvgIpc) is 2.14. The van der Waals surface area contributed by atoms with Gasteiger partial charge in [0.25, 0.3) is 7.63 Å². The van der Waals surface area contributed by atoms with Gasteiger partial charge in [0.2, 0.25) is 0 Å². The van der Waals surface area contributed by atoms with Crippen molar-refractivity contribution < 1.29 is 4.43 Å². The zero-order valence-corrected chi connectivity index (χ0v) is 11.3. The van der Waals surface area contributed by atoms with E-state index in [1.165, 1.54) is 25.9 Å². The van der Waals surface area contributed by atoms with Gasteiger partial charge >= 0.3 is 0 Å². The predicted octanol–water partition coefficient (Wildman–Crippen LogP) is 2.68. The molecule has 2 nitrogen and oxygen atoms in total. The number of halogens is 1. The van der Waals surface area contributed by atoms with E-state index in [0.717, 1.165) is 13.2 Å². The molecule has 0 radical (unpaired) electrons. The van der Waals surface area contributed by atoms with Crippen LogP contribution in [0.25, 0.3) is 0 Å². The van der Waals surface area contributed by atoms with Crippen LogP contribution in [0.3, 0.4) is 0 Å². The van der Waals surface area contributed by atoms with Crippen molar-refractivity contribution in [1.82, 2.24) is 4.90 Å². The van der Waals surface area contributed by atoms with Crippen molar-refractivity contribution in [1.29, 1.82) is 0 Å². The summed E-state index contributed by atoms with van der Waals surface area (Å²) < 4.78 is 5.74. The highest BCUT2D eigenvalue weighted by Crippen LogP contribution is 2.19. The van der Waals surface area contributed by atoms with Crippen LogP contribution in [0.15, 0.2) is 0 Å². The number of piperidine rings is 1. The summed E-state index contributed by atoms with van der Waals surface area (Å²) in [5.41, 5.74) is 0. The van der Waals surface area contributed by atoms with E-state index in [1.807, 2.05) is 13.1 Å². The molecular formula is C10H22ClNOSi. The smallest absolute Gasteiger partial charge is 0.283 e. The first-order valence-electron chi connectivity index (χ1n) is 5.56. The van der Waals surface area contributed by atoms with E-state index >= 15 is 0 Å². The van der Waals surface area contributed by atoms with Crippen molar-refractivity contribution in [3.05, 3.63) is 0 Å². The Bertz CT molecular complexity index is 172. The van der Waals surface area contributed by atoms with E-state index in [9.17, 15) is 0 Å². The SMILES string of the molecule is CCN1CCCC(CO[Si](C)(C)Cl)C1. The fourth-order valence-corrected chi connectivity index (χ4v) is 2.71. The van der Waals surface area contributed by atoms with Gasteiger partial charge in [0, 0.05) is 13.2 Å². The Kier molecular flexibility index (Phi) is 4.90. The van der Waals surface area contributed by atoms with Gasteiger partial charge in [0.05, 0.1) is 0 Å². The Morgan fingerprint density at radius 3 is 2.79 bits per heavy atom. The largest absolute Gasteiger partial charge is 0.403 e. The van der Waals surface area contributed by atoms with Gasteiger partial charge in [-0.1, -0.05) is 6.92 Å². The zero-order valence-electron chi connectivity index (χ0n) is 9.55. The zero-order chi connectivity index (χ0) is 10.6. The monoisotopic (exact) mass is 235 g/mol. The number of hydrogen-bond acceptors (Lipinski definition) is 2. The lowest BCUT2D eigenvalue weighted by molar-refractivity contribution is 0.134. The summed E-state index contributed by atoms with van der Waals surface area (Å²) in [4.78, 5) is 2.50. The molecule has 0 aliphatic carbocycles. The highest BCUT2D eigenvalue weighted by molar-refractivity contribution is 7.15. The fourth-order valence-electron chi connectivity index (χ4n) is 1.89. The van der Waals surface area contributed by atoms with Crippen LogP contribution in [0, 0.1) is 5.92 Å². The summed E-state index contributed by atoms with van der Waals surface area (Å²) in [6, 6.07) is 0. The molecule has 1 aliphatic rings. The molecule has 1 aliphatic heterocycles. The van der Waals surface area contributed by atoms with Gasteiger partial charge in [0.15, 0.2) is 0 Å². The number of nitrogens with zero attached hydrogens (tertiary/aromatic N) is 1. The molecule has 1 saturated heterocycles. The summed E-state index contributed by atoms with van der Waals surface area (Å²) in [5.74, 6) is 0.703. The molecule has 0 amide bonds. The molecule has 1 heterocycles. The molecule has 4 heteroatoms. The quantitative estimate of drug-likeness (QED) is 0.549. The minimum atomic E-state index is -1.82. The lowest BCUT2D eigenvalue weighted by Gasteiger charge is -2.32. The number of hydrogen-bond donors (Lipinski definition) is 0. The van der Waals surface area contributed by atoms with Crippen LogP contribution in [-0.2, 0) is 4.43 Å². The van der Waals surface area contributed by atoms with Crippen LogP contribution in [0.5, 0.6) is 0 Å². The molecule has 1 rings (SSSR count). The summed E-state index contributed by atoms with van der Waals surface area (Å²) in [7, 11) is -1.82. The van der Waals surface area contributed by atoms with E-state index in [0.29, 0.717) is 5.92 Å². The van der Waals surface area contributed by atoms with Gasteiger partial charge in [-0.25, -0.2) is 0 Å². The van der Waals surface area contributed by atoms with Crippen molar-refractivity contribution in [2.24, 2.45) is 5.92 Å². The molecule has 0 aromatic carbocycles. The van der Waals surface area contributed by atoms with Gasteiger partial charge in [-0.15, -0.1) is 11.1 Å². The highest BCUT2D eigenvalue weighted by Gasteiger charge is 2.23. The molecule has 1 atom stereocenters. The average molecular weight is 236 g/mol.